The van der Waals surface area contributed by atoms with Crippen LogP contribution in [0, 0.1) is 5.82 Å². The van der Waals surface area contributed by atoms with E-state index >= 15 is 0 Å². The van der Waals surface area contributed by atoms with Crippen LogP contribution >= 0.6 is 0 Å². The van der Waals surface area contributed by atoms with E-state index in [1.54, 1.807) is 47.4 Å². The number of carbonyl (C=O) groups excluding carboxylic acids is 1. The quantitative estimate of drug-likeness (QED) is 0.604. The summed E-state index contributed by atoms with van der Waals surface area (Å²) in [6.07, 6.45) is 5.20. The Kier molecular flexibility index (Phi) is 3.35. The Bertz CT molecular complexity index is 1020. The van der Waals surface area contributed by atoms with Crippen LogP contribution in [0.2, 0.25) is 0 Å². The smallest absolute Gasteiger partial charge is 0.272 e. The summed E-state index contributed by atoms with van der Waals surface area (Å²) < 4.78 is 14.7. The molecule has 0 aliphatic rings. The number of nitrogens with zero attached hydrogens (tertiary/aromatic N) is 2. The third kappa shape index (κ3) is 2.65. The van der Waals surface area contributed by atoms with Crippen molar-refractivity contribution in [1.29, 1.82) is 0 Å². The number of aromatic amines is 1. The van der Waals surface area contributed by atoms with Gasteiger partial charge in [0.05, 0.1) is 5.52 Å². The van der Waals surface area contributed by atoms with Crippen LogP contribution in [0.1, 0.15) is 10.5 Å². The first-order valence-electron chi connectivity index (χ1n) is 7.38. The van der Waals surface area contributed by atoms with Gasteiger partial charge in [-0.15, -0.1) is 0 Å². The lowest BCUT2D eigenvalue weighted by molar-refractivity contribution is 0.102. The minimum atomic E-state index is -0.289. The summed E-state index contributed by atoms with van der Waals surface area (Å²) in [5, 5.41) is 6.95. The van der Waals surface area contributed by atoms with Gasteiger partial charge in [-0.3, -0.25) is 4.79 Å². The van der Waals surface area contributed by atoms with Crippen molar-refractivity contribution in [3.05, 3.63) is 78.6 Å². The van der Waals surface area contributed by atoms with E-state index in [2.05, 4.69) is 15.4 Å². The molecule has 6 heteroatoms. The van der Waals surface area contributed by atoms with Crippen LogP contribution in [-0.4, -0.2) is 20.5 Å². The molecule has 0 spiro atoms. The molecule has 1 amide bonds. The highest BCUT2D eigenvalue weighted by molar-refractivity contribution is 6.04. The molecule has 0 aliphatic heterocycles. The molecule has 0 saturated carbocycles. The molecule has 3 aromatic heterocycles. The largest absolute Gasteiger partial charge is 0.357 e. The van der Waals surface area contributed by atoms with Gasteiger partial charge in [0.15, 0.2) is 0 Å². The van der Waals surface area contributed by atoms with Crippen LogP contribution in [0.15, 0.2) is 67.1 Å². The Balaban J connectivity index is 1.55. The van der Waals surface area contributed by atoms with Gasteiger partial charge in [-0.25, -0.2) is 8.91 Å². The Morgan fingerprint density at radius 3 is 2.75 bits per heavy atom. The molecule has 3 heterocycles. The van der Waals surface area contributed by atoms with E-state index < -0.39 is 0 Å². The summed E-state index contributed by atoms with van der Waals surface area (Å²) in [5.74, 6) is -0.533. The fraction of sp³-hybridized carbons (Fsp3) is 0. The summed E-state index contributed by atoms with van der Waals surface area (Å²) in [4.78, 5) is 15.3. The summed E-state index contributed by atoms with van der Waals surface area (Å²) >= 11 is 0. The maximum absolute atomic E-state index is 13.0. The Morgan fingerprint density at radius 1 is 1.08 bits per heavy atom. The Morgan fingerprint density at radius 2 is 1.92 bits per heavy atom. The first-order chi connectivity index (χ1) is 11.7. The number of pyridine rings is 1. The number of amides is 1. The van der Waals surface area contributed by atoms with Crippen LogP contribution in [0.3, 0.4) is 0 Å². The molecule has 1 aromatic carbocycles. The van der Waals surface area contributed by atoms with Crippen molar-refractivity contribution in [3.63, 3.8) is 0 Å². The number of halogens is 1. The highest BCUT2D eigenvalue weighted by Gasteiger charge is 2.10. The normalized spacial score (nSPS) is 10.9. The van der Waals surface area contributed by atoms with Gasteiger partial charge in [-0.2, -0.15) is 5.10 Å². The van der Waals surface area contributed by atoms with Gasteiger partial charge in [0.25, 0.3) is 5.91 Å². The number of hydrogen-bond donors (Lipinski definition) is 2. The molecule has 0 aliphatic carbocycles. The van der Waals surface area contributed by atoms with E-state index in [0.29, 0.717) is 11.4 Å². The van der Waals surface area contributed by atoms with Gasteiger partial charge in [0, 0.05) is 24.3 Å². The molecule has 0 radical (unpaired) electrons. The van der Waals surface area contributed by atoms with Crippen molar-refractivity contribution in [2.24, 2.45) is 0 Å². The van der Waals surface area contributed by atoms with Gasteiger partial charge in [-0.05, 0) is 47.5 Å². The molecule has 2 N–H and O–H groups in total. The zero-order valence-electron chi connectivity index (χ0n) is 12.5. The summed E-state index contributed by atoms with van der Waals surface area (Å²) in [6, 6.07) is 13.3. The Hall–Kier alpha value is -3.41. The second kappa shape index (κ2) is 5.66. The number of benzene rings is 1. The van der Waals surface area contributed by atoms with Crippen LogP contribution in [0.5, 0.6) is 0 Å². The number of hydrogen-bond acceptors (Lipinski definition) is 2. The predicted molar refractivity (Wildman–Crippen MR) is 89.3 cm³/mol. The molecule has 118 valence electrons. The van der Waals surface area contributed by atoms with Crippen LogP contribution in [0.25, 0.3) is 16.6 Å². The minimum Gasteiger partial charge on any atom is -0.357 e. The number of carbonyl (C=O) groups is 1. The predicted octanol–water partition coefficient (Wildman–Crippen LogP) is 3.72. The second-order valence-electron chi connectivity index (χ2n) is 5.38. The van der Waals surface area contributed by atoms with E-state index in [9.17, 15) is 9.18 Å². The number of anilines is 1. The molecule has 24 heavy (non-hydrogen) atoms. The molecule has 4 aromatic rings. The molecule has 0 atom stereocenters. The number of nitrogens with one attached hydrogen (secondary N) is 2. The zero-order valence-corrected chi connectivity index (χ0v) is 12.5. The van der Waals surface area contributed by atoms with Crippen molar-refractivity contribution < 1.29 is 9.18 Å². The lowest BCUT2D eigenvalue weighted by Gasteiger charge is -2.04. The molecular weight excluding hydrogens is 307 g/mol. The number of aromatic nitrogens is 3. The highest BCUT2D eigenvalue weighted by atomic mass is 19.1. The molecule has 5 nitrogen and oxygen atoms in total. The molecule has 4 rings (SSSR count). The van der Waals surface area contributed by atoms with E-state index in [1.807, 2.05) is 12.1 Å². The van der Waals surface area contributed by atoms with Gasteiger partial charge in [0.1, 0.15) is 11.5 Å². The molecule has 0 unspecified atom stereocenters. The van der Waals surface area contributed by atoms with E-state index in [4.69, 9.17) is 0 Å². The van der Waals surface area contributed by atoms with Crippen LogP contribution in [0.4, 0.5) is 10.1 Å². The monoisotopic (exact) mass is 320 g/mol. The van der Waals surface area contributed by atoms with E-state index in [1.165, 1.54) is 12.1 Å². The van der Waals surface area contributed by atoms with Gasteiger partial charge in [-0.1, -0.05) is 12.1 Å². The van der Waals surface area contributed by atoms with Crippen LogP contribution in [-0.2, 0) is 0 Å². The highest BCUT2D eigenvalue weighted by Crippen LogP contribution is 2.21. The second-order valence-corrected chi connectivity index (χ2v) is 5.38. The SMILES string of the molecule is O=C(Nc1ccn2nccc2c1)c1cc(-c2ccc(F)cc2)c[nH]1. The minimum absolute atomic E-state index is 0.243. The fourth-order valence-corrected chi connectivity index (χ4v) is 2.53. The van der Waals surface area contributed by atoms with Crippen molar-refractivity contribution in [2.75, 3.05) is 5.32 Å². The standard InChI is InChI=1S/C18H13FN4O/c19-14-3-1-12(2-4-14)13-9-17(20-11-13)18(24)22-15-6-8-23-16(10-15)5-7-21-23/h1-11,20H,(H,22,24). The molecule has 0 saturated heterocycles. The average Bonchev–Trinajstić information content (AvgIpc) is 3.24. The topological polar surface area (TPSA) is 62.2 Å². The van der Waals surface area contributed by atoms with Crippen molar-refractivity contribution >= 4 is 17.1 Å². The fourth-order valence-electron chi connectivity index (χ4n) is 2.53. The molecular formula is C18H13FN4O. The van der Waals surface area contributed by atoms with Gasteiger partial charge in [0.2, 0.25) is 0 Å². The van der Waals surface area contributed by atoms with Crippen molar-refractivity contribution in [1.82, 2.24) is 14.6 Å². The molecule has 0 bridgehead atoms. The number of H-pyrrole nitrogens is 1. The summed E-state index contributed by atoms with van der Waals surface area (Å²) in [7, 11) is 0. The van der Waals surface area contributed by atoms with Crippen molar-refractivity contribution in [2.45, 2.75) is 0 Å². The third-order valence-corrected chi connectivity index (χ3v) is 3.76. The average molecular weight is 320 g/mol. The maximum atomic E-state index is 13.0. The lowest BCUT2D eigenvalue weighted by atomic mass is 10.1. The number of fused-ring (bicyclic) bond motifs is 1. The number of rotatable bonds is 3. The zero-order chi connectivity index (χ0) is 16.5. The van der Waals surface area contributed by atoms with E-state index in [-0.39, 0.29) is 11.7 Å². The Labute approximate surface area is 136 Å². The van der Waals surface area contributed by atoms with Gasteiger partial charge >= 0.3 is 0 Å². The summed E-state index contributed by atoms with van der Waals surface area (Å²) in [6.45, 7) is 0. The first-order valence-corrected chi connectivity index (χ1v) is 7.38. The van der Waals surface area contributed by atoms with Crippen molar-refractivity contribution in [3.8, 4) is 11.1 Å². The lowest BCUT2D eigenvalue weighted by Crippen LogP contribution is -2.12. The molecule has 0 fully saturated rings. The van der Waals surface area contributed by atoms with Crippen LogP contribution < -0.4 is 5.32 Å². The summed E-state index contributed by atoms with van der Waals surface area (Å²) in [5.41, 5.74) is 3.68. The third-order valence-electron chi connectivity index (χ3n) is 3.76. The van der Waals surface area contributed by atoms with Gasteiger partial charge < -0.3 is 10.3 Å². The first kappa shape index (κ1) is 14.2. The maximum Gasteiger partial charge on any atom is 0.272 e. The van der Waals surface area contributed by atoms with E-state index in [0.717, 1.165) is 16.6 Å².